The Kier molecular flexibility index (Phi) is 6.03. The SMILES string of the molecule is CC1(CNCc2ccc[nH]2)CN(Cc2ccc[nH]2)C(c2ccc[nH]2)N(Cc2ccc[nH]2)C1. The molecule has 1 aliphatic rings. The summed E-state index contributed by atoms with van der Waals surface area (Å²) in [6, 6.07) is 17.0. The van der Waals surface area contributed by atoms with Gasteiger partial charge in [-0.1, -0.05) is 6.92 Å². The van der Waals surface area contributed by atoms with Crippen LogP contribution in [0, 0.1) is 5.41 Å². The van der Waals surface area contributed by atoms with Gasteiger partial charge in [0.15, 0.2) is 0 Å². The molecule has 168 valence electrons. The van der Waals surface area contributed by atoms with Crippen molar-refractivity contribution in [1.29, 1.82) is 0 Å². The molecule has 0 bridgehead atoms. The predicted octanol–water partition coefficient (Wildman–Crippen LogP) is 3.81. The molecule has 0 radical (unpaired) electrons. The second kappa shape index (κ2) is 9.24. The molecule has 1 fully saturated rings. The van der Waals surface area contributed by atoms with Crippen LogP contribution in [0.5, 0.6) is 0 Å². The molecule has 0 unspecified atom stereocenters. The van der Waals surface area contributed by atoms with Gasteiger partial charge in [0.05, 0.1) is 0 Å². The summed E-state index contributed by atoms with van der Waals surface area (Å²) in [7, 11) is 0. The number of aromatic nitrogens is 4. The lowest BCUT2D eigenvalue weighted by atomic mass is 9.85. The summed E-state index contributed by atoms with van der Waals surface area (Å²) < 4.78 is 0. The summed E-state index contributed by atoms with van der Waals surface area (Å²) >= 11 is 0. The van der Waals surface area contributed by atoms with Crippen molar-refractivity contribution in [3.05, 3.63) is 96.1 Å². The van der Waals surface area contributed by atoms with Crippen LogP contribution in [-0.2, 0) is 19.6 Å². The van der Waals surface area contributed by atoms with Gasteiger partial charge in [-0.2, -0.15) is 0 Å². The number of hydrogen-bond acceptors (Lipinski definition) is 3. The van der Waals surface area contributed by atoms with Crippen molar-refractivity contribution in [1.82, 2.24) is 35.1 Å². The van der Waals surface area contributed by atoms with Gasteiger partial charge in [-0.25, -0.2) is 0 Å². The lowest BCUT2D eigenvalue weighted by molar-refractivity contribution is -0.0744. The first-order valence-corrected chi connectivity index (χ1v) is 11.4. The van der Waals surface area contributed by atoms with E-state index in [9.17, 15) is 0 Å². The molecular formula is C25H33N7. The van der Waals surface area contributed by atoms with Crippen LogP contribution < -0.4 is 5.32 Å². The highest BCUT2D eigenvalue weighted by molar-refractivity contribution is 5.15. The molecule has 32 heavy (non-hydrogen) atoms. The largest absolute Gasteiger partial charge is 0.364 e. The first kappa shape index (κ1) is 20.9. The zero-order chi connectivity index (χ0) is 21.8. The summed E-state index contributed by atoms with van der Waals surface area (Å²) in [5.74, 6) is 0. The van der Waals surface area contributed by atoms with Gasteiger partial charge in [0, 0.05) is 92.2 Å². The van der Waals surface area contributed by atoms with E-state index in [1.54, 1.807) is 0 Å². The van der Waals surface area contributed by atoms with Crippen molar-refractivity contribution in [2.45, 2.75) is 32.7 Å². The van der Waals surface area contributed by atoms with E-state index in [2.05, 4.69) is 90.5 Å². The van der Waals surface area contributed by atoms with Gasteiger partial charge in [-0.15, -0.1) is 0 Å². The summed E-state index contributed by atoms with van der Waals surface area (Å²) in [6.45, 7) is 7.99. The van der Waals surface area contributed by atoms with Crippen molar-refractivity contribution >= 4 is 0 Å². The van der Waals surface area contributed by atoms with Gasteiger partial charge in [0.1, 0.15) is 6.17 Å². The third-order valence-electron chi connectivity index (χ3n) is 6.36. The molecule has 0 amide bonds. The van der Waals surface area contributed by atoms with E-state index in [1.165, 1.54) is 22.8 Å². The standard InChI is InChI=1S/C25H33N7/c1-25(17-26-14-20-6-2-10-27-20)18-31(15-21-7-3-11-28-21)24(23-9-5-13-30-23)32(19-25)16-22-8-4-12-29-22/h2-13,24,26-30H,14-19H2,1H3. The lowest BCUT2D eigenvalue weighted by Crippen LogP contribution is -2.58. The number of nitrogens with zero attached hydrogens (tertiary/aromatic N) is 2. The molecule has 0 aromatic carbocycles. The predicted molar refractivity (Wildman–Crippen MR) is 127 cm³/mol. The number of rotatable bonds is 9. The Morgan fingerprint density at radius 3 is 1.81 bits per heavy atom. The molecular weight excluding hydrogens is 398 g/mol. The highest BCUT2D eigenvalue weighted by atomic mass is 15.4. The minimum absolute atomic E-state index is 0.106. The van der Waals surface area contributed by atoms with Crippen LogP contribution in [0.15, 0.2) is 73.3 Å². The molecule has 7 heteroatoms. The fourth-order valence-corrected chi connectivity index (χ4v) is 5.08. The van der Waals surface area contributed by atoms with Gasteiger partial charge in [-0.05, 0) is 48.5 Å². The highest BCUT2D eigenvalue weighted by Crippen LogP contribution is 2.37. The highest BCUT2D eigenvalue weighted by Gasteiger charge is 2.42. The average Bonchev–Trinajstić information content (AvgIpc) is 3.56. The second-order valence-corrected chi connectivity index (χ2v) is 9.31. The molecule has 0 atom stereocenters. The molecule has 4 aromatic heterocycles. The number of H-pyrrole nitrogens is 4. The van der Waals surface area contributed by atoms with Crippen LogP contribution in [0.3, 0.4) is 0 Å². The van der Waals surface area contributed by atoms with Crippen molar-refractivity contribution < 1.29 is 0 Å². The Balaban J connectivity index is 1.40. The van der Waals surface area contributed by atoms with E-state index in [4.69, 9.17) is 0 Å². The Morgan fingerprint density at radius 2 is 1.31 bits per heavy atom. The smallest absolute Gasteiger partial charge is 0.105 e. The van der Waals surface area contributed by atoms with E-state index in [0.717, 1.165) is 39.3 Å². The molecule has 5 rings (SSSR count). The summed E-state index contributed by atoms with van der Waals surface area (Å²) in [5.41, 5.74) is 5.05. The van der Waals surface area contributed by atoms with Crippen molar-refractivity contribution in [2.75, 3.05) is 19.6 Å². The van der Waals surface area contributed by atoms with E-state index < -0.39 is 0 Å². The quantitative estimate of drug-likeness (QED) is 0.280. The molecule has 0 aliphatic carbocycles. The minimum atomic E-state index is 0.106. The van der Waals surface area contributed by atoms with Gasteiger partial charge < -0.3 is 25.3 Å². The summed E-state index contributed by atoms with van der Waals surface area (Å²) in [5, 5.41) is 3.70. The van der Waals surface area contributed by atoms with Gasteiger partial charge in [0.25, 0.3) is 0 Å². The maximum Gasteiger partial charge on any atom is 0.105 e. The molecule has 5 N–H and O–H groups in total. The molecule has 0 spiro atoms. The molecule has 5 heterocycles. The van der Waals surface area contributed by atoms with E-state index >= 15 is 0 Å². The zero-order valence-corrected chi connectivity index (χ0v) is 18.6. The van der Waals surface area contributed by atoms with Gasteiger partial charge in [0.2, 0.25) is 0 Å². The number of hydrogen-bond donors (Lipinski definition) is 5. The maximum absolute atomic E-state index is 3.70. The number of nitrogens with one attached hydrogen (secondary N) is 5. The second-order valence-electron chi connectivity index (χ2n) is 9.31. The Labute approximate surface area is 189 Å². The van der Waals surface area contributed by atoms with Crippen LogP contribution in [0.2, 0.25) is 0 Å². The Hall–Kier alpha value is -3.00. The zero-order valence-electron chi connectivity index (χ0n) is 18.6. The molecule has 0 saturated carbocycles. The van der Waals surface area contributed by atoms with Crippen LogP contribution in [-0.4, -0.2) is 49.4 Å². The first-order valence-electron chi connectivity index (χ1n) is 11.4. The van der Waals surface area contributed by atoms with E-state index in [1.807, 2.05) is 24.8 Å². The Morgan fingerprint density at radius 1 is 0.781 bits per heavy atom. The van der Waals surface area contributed by atoms with Crippen molar-refractivity contribution in [3.8, 4) is 0 Å². The topological polar surface area (TPSA) is 81.7 Å². The van der Waals surface area contributed by atoms with Crippen LogP contribution in [0.4, 0.5) is 0 Å². The molecule has 1 saturated heterocycles. The number of aromatic amines is 4. The fourth-order valence-electron chi connectivity index (χ4n) is 5.08. The maximum atomic E-state index is 3.70. The summed E-state index contributed by atoms with van der Waals surface area (Å²) in [4.78, 5) is 18.8. The molecule has 1 aliphatic heterocycles. The van der Waals surface area contributed by atoms with E-state index in [0.29, 0.717) is 0 Å². The summed E-state index contributed by atoms with van der Waals surface area (Å²) in [6.07, 6.45) is 8.22. The van der Waals surface area contributed by atoms with Crippen LogP contribution in [0.25, 0.3) is 0 Å². The van der Waals surface area contributed by atoms with Crippen LogP contribution in [0.1, 0.15) is 35.9 Å². The first-order chi connectivity index (χ1) is 15.7. The fraction of sp³-hybridized carbons (Fsp3) is 0.360. The third kappa shape index (κ3) is 4.75. The Bertz CT molecular complexity index is 986. The van der Waals surface area contributed by atoms with Gasteiger partial charge >= 0.3 is 0 Å². The monoisotopic (exact) mass is 431 g/mol. The third-order valence-corrected chi connectivity index (χ3v) is 6.36. The van der Waals surface area contributed by atoms with Crippen molar-refractivity contribution in [3.63, 3.8) is 0 Å². The van der Waals surface area contributed by atoms with Gasteiger partial charge in [-0.3, -0.25) is 9.80 Å². The normalized spacial score (nSPS) is 22.5. The van der Waals surface area contributed by atoms with Crippen molar-refractivity contribution in [2.24, 2.45) is 5.41 Å². The minimum Gasteiger partial charge on any atom is -0.364 e. The van der Waals surface area contributed by atoms with Crippen LogP contribution >= 0.6 is 0 Å². The lowest BCUT2D eigenvalue weighted by Gasteiger charge is -2.51. The average molecular weight is 432 g/mol. The molecule has 4 aromatic rings. The van der Waals surface area contributed by atoms with E-state index in [-0.39, 0.29) is 11.6 Å². The molecule has 7 nitrogen and oxygen atoms in total.